The summed E-state index contributed by atoms with van der Waals surface area (Å²) in [6, 6.07) is 5.28. The molecule has 0 aromatic heterocycles. The van der Waals surface area contributed by atoms with E-state index in [9.17, 15) is 4.79 Å². The number of hydrogen-bond acceptors (Lipinski definition) is 3. The zero-order valence-corrected chi connectivity index (χ0v) is 8.51. The molecule has 1 atom stereocenters. The summed E-state index contributed by atoms with van der Waals surface area (Å²) < 4.78 is 0. The van der Waals surface area contributed by atoms with Gasteiger partial charge < -0.3 is 16.4 Å². The molecule has 5 heteroatoms. The van der Waals surface area contributed by atoms with Crippen LogP contribution in [-0.2, 0) is 4.79 Å². The first-order valence-corrected chi connectivity index (χ1v) is 4.49. The number of halogens is 1. The maximum atomic E-state index is 10.2. The zero-order chi connectivity index (χ0) is 10.6. The van der Waals surface area contributed by atoms with E-state index in [2.05, 4.69) is 10.6 Å². The van der Waals surface area contributed by atoms with Crippen LogP contribution < -0.4 is 16.4 Å². The minimum Gasteiger partial charge on any atom is -0.388 e. The average Bonchev–Trinajstić information content (AvgIpc) is 2.18. The van der Waals surface area contributed by atoms with Crippen LogP contribution in [0.5, 0.6) is 0 Å². The number of nitrogens with two attached hydrogens (primary N) is 1. The van der Waals surface area contributed by atoms with Crippen LogP contribution >= 0.6 is 11.6 Å². The highest BCUT2D eigenvalue weighted by Gasteiger charge is 2.09. The van der Waals surface area contributed by atoms with Crippen molar-refractivity contribution < 1.29 is 4.79 Å². The fourth-order valence-corrected chi connectivity index (χ4v) is 1.36. The van der Waals surface area contributed by atoms with E-state index in [1.807, 2.05) is 6.07 Å². The molecule has 4 N–H and O–H groups in total. The minimum absolute atomic E-state index is 0.548. The largest absolute Gasteiger partial charge is 0.388 e. The standard InChI is InChI=1S/C9H12ClN3O/c1-12-8-3-2-6(10)4-7(8)9(11)13-5-14/h2-5,9,12H,11H2,1H3,(H,13,14)/t9-/m1/s1. The van der Waals surface area contributed by atoms with E-state index in [1.165, 1.54) is 0 Å². The summed E-state index contributed by atoms with van der Waals surface area (Å²) in [7, 11) is 1.78. The van der Waals surface area contributed by atoms with Crippen LogP contribution in [0.1, 0.15) is 11.7 Å². The van der Waals surface area contributed by atoms with Gasteiger partial charge in [0.25, 0.3) is 0 Å². The van der Waals surface area contributed by atoms with Gasteiger partial charge in [0.05, 0.1) is 0 Å². The molecule has 0 saturated heterocycles. The molecule has 0 aliphatic rings. The Labute approximate surface area is 87.4 Å². The summed E-state index contributed by atoms with van der Waals surface area (Å²) in [5.74, 6) is 0. The lowest BCUT2D eigenvalue weighted by Crippen LogP contribution is -2.28. The van der Waals surface area contributed by atoms with Crippen molar-refractivity contribution in [1.29, 1.82) is 0 Å². The van der Waals surface area contributed by atoms with Gasteiger partial charge in [-0.05, 0) is 18.2 Å². The molecule has 0 aliphatic carbocycles. The van der Waals surface area contributed by atoms with E-state index in [1.54, 1.807) is 19.2 Å². The number of hydrogen-bond donors (Lipinski definition) is 3. The summed E-state index contributed by atoms with van der Waals surface area (Å²) in [5, 5.41) is 6.02. The van der Waals surface area contributed by atoms with Gasteiger partial charge in [-0.25, -0.2) is 0 Å². The van der Waals surface area contributed by atoms with E-state index in [4.69, 9.17) is 17.3 Å². The molecule has 1 rings (SSSR count). The smallest absolute Gasteiger partial charge is 0.208 e. The summed E-state index contributed by atoms with van der Waals surface area (Å²) in [6.07, 6.45) is 0.0130. The third-order valence-electron chi connectivity index (χ3n) is 1.87. The molecule has 0 aliphatic heterocycles. The van der Waals surface area contributed by atoms with Crippen molar-refractivity contribution in [3.05, 3.63) is 28.8 Å². The van der Waals surface area contributed by atoms with E-state index < -0.39 is 6.17 Å². The molecule has 0 heterocycles. The number of anilines is 1. The maximum Gasteiger partial charge on any atom is 0.208 e. The van der Waals surface area contributed by atoms with Crippen molar-refractivity contribution >= 4 is 23.7 Å². The Kier molecular flexibility index (Phi) is 3.73. The highest BCUT2D eigenvalue weighted by Crippen LogP contribution is 2.23. The van der Waals surface area contributed by atoms with Crippen molar-refractivity contribution in [2.75, 3.05) is 12.4 Å². The zero-order valence-electron chi connectivity index (χ0n) is 7.75. The molecule has 0 bridgehead atoms. The van der Waals surface area contributed by atoms with Gasteiger partial charge in [-0.1, -0.05) is 11.6 Å². The number of nitrogens with one attached hydrogen (secondary N) is 2. The molecular weight excluding hydrogens is 202 g/mol. The molecule has 1 aromatic carbocycles. The second-order valence-corrected chi connectivity index (χ2v) is 3.18. The molecule has 1 aromatic rings. The topological polar surface area (TPSA) is 67.2 Å². The number of rotatable bonds is 4. The number of carbonyl (C=O) groups is 1. The van der Waals surface area contributed by atoms with Crippen molar-refractivity contribution in [3.63, 3.8) is 0 Å². The molecule has 76 valence electrons. The Balaban J connectivity index is 3.02. The number of benzene rings is 1. The van der Waals surface area contributed by atoms with Gasteiger partial charge in [0.1, 0.15) is 6.17 Å². The Hall–Kier alpha value is -1.26. The molecule has 0 spiro atoms. The van der Waals surface area contributed by atoms with Gasteiger partial charge in [-0.2, -0.15) is 0 Å². The van der Waals surface area contributed by atoms with Crippen LogP contribution in [0.2, 0.25) is 5.02 Å². The van der Waals surface area contributed by atoms with Gasteiger partial charge in [-0.3, -0.25) is 4.79 Å². The predicted molar refractivity (Wildman–Crippen MR) is 57.1 cm³/mol. The van der Waals surface area contributed by atoms with Crippen LogP contribution in [0.15, 0.2) is 18.2 Å². The van der Waals surface area contributed by atoms with Crippen LogP contribution in [0.4, 0.5) is 5.69 Å². The Morgan fingerprint density at radius 1 is 1.57 bits per heavy atom. The molecule has 0 fully saturated rings. The van der Waals surface area contributed by atoms with E-state index in [0.717, 1.165) is 11.3 Å². The first-order valence-electron chi connectivity index (χ1n) is 4.11. The van der Waals surface area contributed by atoms with Crippen LogP contribution in [0.25, 0.3) is 0 Å². The molecule has 4 nitrogen and oxygen atoms in total. The lowest BCUT2D eigenvalue weighted by molar-refractivity contribution is -0.110. The maximum absolute atomic E-state index is 10.2. The summed E-state index contributed by atoms with van der Waals surface area (Å²) in [5.41, 5.74) is 7.31. The third-order valence-corrected chi connectivity index (χ3v) is 2.10. The first kappa shape index (κ1) is 10.8. The second-order valence-electron chi connectivity index (χ2n) is 2.74. The van der Waals surface area contributed by atoms with Gasteiger partial charge in [0.2, 0.25) is 6.41 Å². The third kappa shape index (κ3) is 2.37. The van der Waals surface area contributed by atoms with Crippen molar-refractivity contribution in [2.24, 2.45) is 5.73 Å². The predicted octanol–water partition coefficient (Wildman–Crippen LogP) is 1.08. The van der Waals surface area contributed by atoms with E-state index in [-0.39, 0.29) is 0 Å². The molecule has 14 heavy (non-hydrogen) atoms. The van der Waals surface area contributed by atoms with Gasteiger partial charge >= 0.3 is 0 Å². The van der Waals surface area contributed by atoms with E-state index >= 15 is 0 Å². The molecule has 1 amide bonds. The summed E-state index contributed by atoms with van der Waals surface area (Å²) in [4.78, 5) is 10.2. The fraction of sp³-hybridized carbons (Fsp3) is 0.222. The van der Waals surface area contributed by atoms with Crippen LogP contribution in [0.3, 0.4) is 0 Å². The van der Waals surface area contributed by atoms with Crippen molar-refractivity contribution in [2.45, 2.75) is 6.17 Å². The van der Waals surface area contributed by atoms with Gasteiger partial charge in [0.15, 0.2) is 0 Å². The molecular formula is C9H12ClN3O. The summed E-state index contributed by atoms with van der Waals surface area (Å²) in [6.45, 7) is 0. The van der Waals surface area contributed by atoms with Crippen LogP contribution in [-0.4, -0.2) is 13.5 Å². The first-order chi connectivity index (χ1) is 6.69. The highest BCUT2D eigenvalue weighted by molar-refractivity contribution is 6.30. The fourth-order valence-electron chi connectivity index (χ4n) is 1.18. The minimum atomic E-state index is -0.548. The lowest BCUT2D eigenvalue weighted by Gasteiger charge is -2.15. The highest BCUT2D eigenvalue weighted by atomic mass is 35.5. The average molecular weight is 214 g/mol. The van der Waals surface area contributed by atoms with Gasteiger partial charge in [0, 0.05) is 23.3 Å². The number of carbonyl (C=O) groups excluding carboxylic acids is 1. The second kappa shape index (κ2) is 4.83. The normalized spacial score (nSPS) is 11.9. The quantitative estimate of drug-likeness (QED) is 0.518. The van der Waals surface area contributed by atoms with E-state index in [0.29, 0.717) is 11.4 Å². The molecule has 0 unspecified atom stereocenters. The van der Waals surface area contributed by atoms with Gasteiger partial charge in [-0.15, -0.1) is 0 Å². The Bertz CT molecular complexity index is 330. The van der Waals surface area contributed by atoms with Crippen molar-refractivity contribution in [3.8, 4) is 0 Å². The molecule has 0 radical (unpaired) electrons. The van der Waals surface area contributed by atoms with Crippen LogP contribution in [0, 0.1) is 0 Å². The Morgan fingerprint density at radius 3 is 2.86 bits per heavy atom. The molecule has 0 saturated carbocycles. The number of amides is 1. The summed E-state index contributed by atoms with van der Waals surface area (Å²) >= 11 is 5.82. The SMILES string of the molecule is CNc1ccc(Cl)cc1[C@H](N)NC=O. The lowest BCUT2D eigenvalue weighted by atomic mass is 10.1. The monoisotopic (exact) mass is 213 g/mol. The Morgan fingerprint density at radius 2 is 2.29 bits per heavy atom. The van der Waals surface area contributed by atoms with Crippen molar-refractivity contribution in [1.82, 2.24) is 5.32 Å².